The molecule has 1 heterocycles. The largest absolute Gasteiger partial charge is 0.347 e. The number of nitrogens with zero attached hydrogens (tertiary/aromatic N) is 1. The molecule has 1 saturated carbocycles. The third kappa shape index (κ3) is 4.47. The lowest BCUT2D eigenvalue weighted by molar-refractivity contribution is -0.129. The fourth-order valence-corrected chi connectivity index (χ4v) is 3.68. The van der Waals surface area contributed by atoms with E-state index in [9.17, 15) is 14.4 Å². The maximum Gasteiger partial charge on any atom is 0.251 e. The van der Waals surface area contributed by atoms with Crippen molar-refractivity contribution in [3.05, 3.63) is 65.7 Å². The summed E-state index contributed by atoms with van der Waals surface area (Å²) >= 11 is 0. The van der Waals surface area contributed by atoms with Crippen molar-refractivity contribution in [3.63, 3.8) is 0 Å². The van der Waals surface area contributed by atoms with Crippen molar-refractivity contribution in [1.29, 1.82) is 0 Å². The van der Waals surface area contributed by atoms with E-state index in [0.717, 1.165) is 18.4 Å². The van der Waals surface area contributed by atoms with Gasteiger partial charge in [-0.2, -0.15) is 0 Å². The number of benzene rings is 2. The standard InChI is InChI=1S/C23H25N3O3/c1-15-20(13-21(27)26(15)14-16-6-3-2-4-7-16)25-23(29)18-8-5-9-19(12-18)24-22(28)17-10-11-17/h2-9,12,15,17,20H,10-11,13-14H2,1H3,(H,24,28)(H,25,29)/t15-,20+/m0/s1. The highest BCUT2D eigenvalue weighted by atomic mass is 16.2. The molecule has 6 heteroatoms. The molecule has 1 aliphatic heterocycles. The molecule has 2 aliphatic rings. The first-order valence-corrected chi connectivity index (χ1v) is 10.1. The summed E-state index contributed by atoms with van der Waals surface area (Å²) in [4.78, 5) is 39.0. The van der Waals surface area contributed by atoms with E-state index in [1.807, 2.05) is 42.2 Å². The van der Waals surface area contributed by atoms with E-state index < -0.39 is 0 Å². The van der Waals surface area contributed by atoms with Crippen LogP contribution in [0.5, 0.6) is 0 Å². The minimum Gasteiger partial charge on any atom is -0.347 e. The molecule has 1 saturated heterocycles. The van der Waals surface area contributed by atoms with Gasteiger partial charge in [-0.05, 0) is 43.5 Å². The van der Waals surface area contributed by atoms with Crippen LogP contribution in [0.4, 0.5) is 5.69 Å². The SMILES string of the molecule is C[C@H]1[C@H](NC(=O)c2cccc(NC(=O)C3CC3)c2)CC(=O)N1Cc1ccccc1. The van der Waals surface area contributed by atoms with E-state index in [1.54, 1.807) is 24.3 Å². The van der Waals surface area contributed by atoms with Crippen LogP contribution in [0.15, 0.2) is 54.6 Å². The van der Waals surface area contributed by atoms with Crippen molar-refractivity contribution in [2.45, 2.75) is 44.8 Å². The van der Waals surface area contributed by atoms with Crippen LogP contribution in [0, 0.1) is 5.92 Å². The maximum absolute atomic E-state index is 12.7. The third-order valence-electron chi connectivity index (χ3n) is 5.64. The molecule has 0 aromatic heterocycles. The van der Waals surface area contributed by atoms with Gasteiger partial charge in [-0.3, -0.25) is 14.4 Å². The fraction of sp³-hybridized carbons (Fsp3) is 0.348. The van der Waals surface area contributed by atoms with Gasteiger partial charge in [0.05, 0.1) is 6.04 Å². The fourth-order valence-electron chi connectivity index (χ4n) is 3.68. The molecule has 0 unspecified atom stereocenters. The number of hydrogen-bond donors (Lipinski definition) is 2. The molecular formula is C23H25N3O3. The lowest BCUT2D eigenvalue weighted by Crippen LogP contribution is -2.43. The van der Waals surface area contributed by atoms with Gasteiger partial charge in [0.1, 0.15) is 0 Å². The molecule has 0 radical (unpaired) electrons. The van der Waals surface area contributed by atoms with E-state index >= 15 is 0 Å². The highest BCUT2D eigenvalue weighted by molar-refractivity contribution is 5.98. The molecule has 2 aromatic rings. The van der Waals surface area contributed by atoms with Gasteiger partial charge < -0.3 is 15.5 Å². The summed E-state index contributed by atoms with van der Waals surface area (Å²) in [6.07, 6.45) is 2.15. The van der Waals surface area contributed by atoms with Gasteiger partial charge in [-0.25, -0.2) is 0 Å². The average Bonchev–Trinajstić information content (AvgIpc) is 3.54. The quantitative estimate of drug-likeness (QED) is 0.795. The van der Waals surface area contributed by atoms with Gasteiger partial charge in [0.2, 0.25) is 11.8 Å². The Morgan fingerprint density at radius 2 is 1.83 bits per heavy atom. The zero-order valence-electron chi connectivity index (χ0n) is 16.4. The topological polar surface area (TPSA) is 78.5 Å². The molecule has 2 aromatic carbocycles. The van der Waals surface area contributed by atoms with Crippen LogP contribution in [0.2, 0.25) is 0 Å². The smallest absolute Gasteiger partial charge is 0.251 e. The van der Waals surface area contributed by atoms with Gasteiger partial charge in [0.25, 0.3) is 5.91 Å². The van der Waals surface area contributed by atoms with Crippen molar-refractivity contribution in [1.82, 2.24) is 10.2 Å². The summed E-state index contributed by atoms with van der Waals surface area (Å²) in [6, 6.07) is 16.4. The Morgan fingerprint density at radius 1 is 1.07 bits per heavy atom. The van der Waals surface area contributed by atoms with Gasteiger partial charge in [0.15, 0.2) is 0 Å². The molecule has 2 N–H and O–H groups in total. The van der Waals surface area contributed by atoms with Crippen molar-refractivity contribution in [3.8, 4) is 0 Å². The van der Waals surface area contributed by atoms with E-state index in [4.69, 9.17) is 0 Å². The van der Waals surface area contributed by atoms with Crippen LogP contribution in [-0.2, 0) is 16.1 Å². The number of rotatable bonds is 6. The third-order valence-corrected chi connectivity index (χ3v) is 5.64. The maximum atomic E-state index is 12.7. The zero-order valence-corrected chi connectivity index (χ0v) is 16.4. The molecule has 29 heavy (non-hydrogen) atoms. The molecule has 2 fully saturated rings. The molecule has 0 spiro atoms. The number of likely N-dealkylation sites (tertiary alicyclic amines) is 1. The number of amides is 3. The van der Waals surface area contributed by atoms with Crippen LogP contribution in [0.1, 0.15) is 42.1 Å². The van der Waals surface area contributed by atoms with E-state index in [-0.39, 0.29) is 42.1 Å². The second-order valence-electron chi connectivity index (χ2n) is 7.88. The Kier molecular flexibility index (Phi) is 5.34. The summed E-state index contributed by atoms with van der Waals surface area (Å²) in [5.74, 6) is -0.0848. The lowest BCUT2D eigenvalue weighted by Gasteiger charge is -2.25. The summed E-state index contributed by atoms with van der Waals surface area (Å²) in [6.45, 7) is 2.50. The Bertz CT molecular complexity index is 924. The molecular weight excluding hydrogens is 366 g/mol. The number of nitrogens with one attached hydrogen (secondary N) is 2. The number of anilines is 1. The van der Waals surface area contributed by atoms with Crippen LogP contribution >= 0.6 is 0 Å². The van der Waals surface area contributed by atoms with Gasteiger partial charge in [0, 0.05) is 36.2 Å². The van der Waals surface area contributed by atoms with Crippen molar-refractivity contribution in [2.75, 3.05) is 5.32 Å². The first-order chi connectivity index (χ1) is 14.0. The Labute approximate surface area is 170 Å². The van der Waals surface area contributed by atoms with E-state index in [1.165, 1.54) is 0 Å². The second kappa shape index (κ2) is 8.07. The summed E-state index contributed by atoms with van der Waals surface area (Å²) < 4.78 is 0. The predicted molar refractivity (Wildman–Crippen MR) is 110 cm³/mol. The number of carbonyl (C=O) groups excluding carboxylic acids is 3. The molecule has 4 rings (SSSR count). The molecule has 6 nitrogen and oxygen atoms in total. The van der Waals surface area contributed by atoms with Crippen molar-refractivity contribution >= 4 is 23.4 Å². The summed E-state index contributed by atoms with van der Waals surface area (Å²) in [7, 11) is 0. The highest BCUT2D eigenvalue weighted by Crippen LogP contribution is 2.30. The van der Waals surface area contributed by atoms with Crippen molar-refractivity contribution in [2.24, 2.45) is 5.92 Å². The predicted octanol–water partition coefficient (Wildman–Crippen LogP) is 2.95. The van der Waals surface area contributed by atoms with Gasteiger partial charge >= 0.3 is 0 Å². The minimum atomic E-state index is -0.247. The van der Waals surface area contributed by atoms with Crippen LogP contribution < -0.4 is 10.6 Å². The highest BCUT2D eigenvalue weighted by Gasteiger charge is 2.37. The molecule has 2 atom stereocenters. The van der Waals surface area contributed by atoms with Crippen molar-refractivity contribution < 1.29 is 14.4 Å². The Balaban J connectivity index is 1.39. The average molecular weight is 391 g/mol. The van der Waals surface area contributed by atoms with Gasteiger partial charge in [-0.15, -0.1) is 0 Å². The first-order valence-electron chi connectivity index (χ1n) is 10.1. The second-order valence-corrected chi connectivity index (χ2v) is 7.88. The summed E-state index contributed by atoms with van der Waals surface area (Å²) in [5.41, 5.74) is 2.16. The molecule has 0 bridgehead atoms. The first kappa shape index (κ1) is 19.2. The normalized spacial score (nSPS) is 21.1. The van der Waals surface area contributed by atoms with E-state index in [0.29, 0.717) is 17.8 Å². The summed E-state index contributed by atoms with van der Waals surface area (Å²) in [5, 5.41) is 5.85. The monoisotopic (exact) mass is 391 g/mol. The molecule has 3 amide bonds. The zero-order chi connectivity index (χ0) is 20.4. The molecule has 150 valence electrons. The Hall–Kier alpha value is -3.15. The number of carbonyl (C=O) groups is 3. The lowest BCUT2D eigenvalue weighted by atomic mass is 10.1. The number of hydrogen-bond acceptors (Lipinski definition) is 3. The van der Waals surface area contributed by atoms with Gasteiger partial charge in [-0.1, -0.05) is 36.4 Å². The minimum absolute atomic E-state index is 0.00845. The van der Waals surface area contributed by atoms with E-state index in [2.05, 4.69) is 10.6 Å². The van der Waals surface area contributed by atoms with Crippen LogP contribution in [0.25, 0.3) is 0 Å². The molecule has 1 aliphatic carbocycles. The Morgan fingerprint density at radius 3 is 2.55 bits per heavy atom. The van der Waals surface area contributed by atoms with Crippen LogP contribution in [-0.4, -0.2) is 34.7 Å². The van der Waals surface area contributed by atoms with Crippen LogP contribution in [0.3, 0.4) is 0 Å².